The highest BCUT2D eigenvalue weighted by atomic mass is 32.2. The summed E-state index contributed by atoms with van der Waals surface area (Å²) in [7, 11) is -2.86. The topological polar surface area (TPSA) is 75.7 Å². The highest BCUT2D eigenvalue weighted by Crippen LogP contribution is 2.28. The molecule has 1 saturated heterocycles. The van der Waals surface area contributed by atoms with Crippen LogP contribution in [0, 0.1) is 0 Å². The second kappa shape index (κ2) is 6.12. The van der Waals surface area contributed by atoms with E-state index in [1.54, 1.807) is 4.90 Å². The fraction of sp³-hybridized carbons (Fsp3) is 0.929. The van der Waals surface area contributed by atoms with E-state index in [2.05, 4.69) is 5.32 Å². The molecule has 1 aliphatic carbocycles. The lowest BCUT2D eigenvalue weighted by atomic mass is 10.2. The highest BCUT2D eigenvalue weighted by molar-refractivity contribution is 7.91. The molecule has 0 aromatic rings. The zero-order valence-corrected chi connectivity index (χ0v) is 13.9. The summed E-state index contributed by atoms with van der Waals surface area (Å²) in [5.41, 5.74) is -0.489. The van der Waals surface area contributed by atoms with Crippen LogP contribution in [0.4, 0.5) is 4.79 Å². The van der Waals surface area contributed by atoms with Gasteiger partial charge >= 0.3 is 6.09 Å². The van der Waals surface area contributed by atoms with E-state index in [1.807, 2.05) is 20.8 Å². The van der Waals surface area contributed by atoms with E-state index < -0.39 is 15.4 Å². The quantitative estimate of drug-likeness (QED) is 0.823. The molecule has 1 amide bonds. The van der Waals surface area contributed by atoms with Crippen molar-refractivity contribution >= 4 is 15.9 Å². The van der Waals surface area contributed by atoms with E-state index in [0.717, 1.165) is 12.8 Å². The molecule has 2 aliphatic rings. The standard InChI is InChI=1S/C14H26N2O4S/c1-14(2,3)20-13(17)16(12-4-5-12)8-7-15-11-6-9-21(18,19)10-11/h11-12,15H,4-10H2,1-3H3. The lowest BCUT2D eigenvalue weighted by Crippen LogP contribution is -2.43. The van der Waals surface area contributed by atoms with Crippen molar-refractivity contribution in [1.82, 2.24) is 10.2 Å². The Kier molecular flexibility index (Phi) is 4.82. The second-order valence-corrected chi connectivity index (χ2v) is 9.19. The van der Waals surface area contributed by atoms with E-state index in [9.17, 15) is 13.2 Å². The molecule has 1 saturated carbocycles. The van der Waals surface area contributed by atoms with Crippen LogP contribution in [0.3, 0.4) is 0 Å². The molecule has 0 bridgehead atoms. The Hall–Kier alpha value is -0.820. The minimum atomic E-state index is -2.86. The van der Waals surface area contributed by atoms with Crippen molar-refractivity contribution in [2.75, 3.05) is 24.6 Å². The maximum absolute atomic E-state index is 12.2. The van der Waals surface area contributed by atoms with Gasteiger partial charge in [0.1, 0.15) is 5.60 Å². The number of amides is 1. The molecule has 1 unspecified atom stereocenters. The van der Waals surface area contributed by atoms with Crippen molar-refractivity contribution in [1.29, 1.82) is 0 Å². The van der Waals surface area contributed by atoms with Crippen LogP contribution in [0.25, 0.3) is 0 Å². The van der Waals surface area contributed by atoms with Crippen molar-refractivity contribution in [3.05, 3.63) is 0 Å². The van der Waals surface area contributed by atoms with Crippen LogP contribution in [0.1, 0.15) is 40.0 Å². The fourth-order valence-corrected chi connectivity index (χ4v) is 4.18. The SMILES string of the molecule is CC(C)(C)OC(=O)N(CCNC1CCS(=O)(=O)C1)C1CC1. The van der Waals surface area contributed by atoms with Gasteiger partial charge < -0.3 is 15.0 Å². The summed E-state index contributed by atoms with van der Waals surface area (Å²) in [6, 6.07) is 0.309. The van der Waals surface area contributed by atoms with Gasteiger partial charge in [0, 0.05) is 25.2 Å². The van der Waals surface area contributed by atoms with Gasteiger partial charge in [0.2, 0.25) is 0 Å². The number of hydrogen-bond donors (Lipinski definition) is 1. The van der Waals surface area contributed by atoms with Gasteiger partial charge in [-0.15, -0.1) is 0 Å². The molecular formula is C14H26N2O4S. The Balaban J connectivity index is 1.77. The number of sulfone groups is 1. The van der Waals surface area contributed by atoms with Crippen LogP contribution in [-0.4, -0.2) is 61.7 Å². The number of rotatable bonds is 5. The predicted molar refractivity (Wildman–Crippen MR) is 81.0 cm³/mol. The van der Waals surface area contributed by atoms with Crippen LogP contribution >= 0.6 is 0 Å². The molecule has 0 aromatic heterocycles. The largest absolute Gasteiger partial charge is 0.444 e. The number of nitrogens with zero attached hydrogens (tertiary/aromatic N) is 1. The first kappa shape index (κ1) is 16.5. The Morgan fingerprint density at radius 1 is 1.29 bits per heavy atom. The lowest BCUT2D eigenvalue weighted by Gasteiger charge is -2.27. The minimum Gasteiger partial charge on any atom is -0.444 e. The number of carbonyl (C=O) groups excluding carboxylic acids is 1. The molecule has 122 valence electrons. The van der Waals surface area contributed by atoms with Crippen molar-refractivity contribution in [2.24, 2.45) is 0 Å². The third-order valence-electron chi connectivity index (χ3n) is 3.63. The summed E-state index contributed by atoms with van der Waals surface area (Å²) in [5, 5.41) is 3.24. The molecule has 2 fully saturated rings. The summed E-state index contributed by atoms with van der Waals surface area (Å²) >= 11 is 0. The number of nitrogens with one attached hydrogen (secondary N) is 1. The molecule has 1 heterocycles. The van der Waals surface area contributed by atoms with Crippen LogP contribution in [0.2, 0.25) is 0 Å². The zero-order chi connectivity index (χ0) is 15.7. The molecule has 1 aliphatic heterocycles. The van der Waals surface area contributed by atoms with Crippen LogP contribution in [0.15, 0.2) is 0 Å². The summed E-state index contributed by atoms with van der Waals surface area (Å²) in [6.07, 6.45) is 2.44. The van der Waals surface area contributed by atoms with Crippen molar-refractivity contribution in [3.63, 3.8) is 0 Å². The van der Waals surface area contributed by atoms with E-state index >= 15 is 0 Å². The molecule has 6 nitrogen and oxygen atoms in total. The Bertz CT molecular complexity index is 480. The molecule has 21 heavy (non-hydrogen) atoms. The van der Waals surface area contributed by atoms with Gasteiger partial charge in [-0.3, -0.25) is 0 Å². The van der Waals surface area contributed by atoms with Crippen molar-refractivity contribution < 1.29 is 17.9 Å². The van der Waals surface area contributed by atoms with Crippen molar-refractivity contribution in [2.45, 2.75) is 57.7 Å². The van der Waals surface area contributed by atoms with E-state index in [1.165, 1.54) is 0 Å². The molecule has 7 heteroatoms. The maximum atomic E-state index is 12.2. The number of carbonyl (C=O) groups is 1. The number of hydrogen-bond acceptors (Lipinski definition) is 5. The van der Waals surface area contributed by atoms with Gasteiger partial charge in [-0.2, -0.15) is 0 Å². The normalized spacial score (nSPS) is 24.8. The smallest absolute Gasteiger partial charge is 0.410 e. The van der Waals surface area contributed by atoms with E-state index in [-0.39, 0.29) is 29.7 Å². The van der Waals surface area contributed by atoms with Crippen LogP contribution < -0.4 is 5.32 Å². The first-order valence-corrected chi connectivity index (χ1v) is 9.42. The third kappa shape index (κ3) is 5.47. The zero-order valence-electron chi connectivity index (χ0n) is 13.1. The molecule has 0 radical (unpaired) electrons. The van der Waals surface area contributed by atoms with Crippen molar-refractivity contribution in [3.8, 4) is 0 Å². The van der Waals surface area contributed by atoms with Gasteiger partial charge in [-0.25, -0.2) is 13.2 Å². The average molecular weight is 318 g/mol. The summed E-state index contributed by atoms with van der Waals surface area (Å²) in [5.74, 6) is 0.478. The second-order valence-electron chi connectivity index (χ2n) is 6.96. The van der Waals surface area contributed by atoms with Gasteiger partial charge in [0.15, 0.2) is 9.84 Å². The highest BCUT2D eigenvalue weighted by Gasteiger charge is 2.35. The molecule has 0 aromatic carbocycles. The maximum Gasteiger partial charge on any atom is 0.410 e. The molecule has 1 atom stereocenters. The Labute approximate surface area is 127 Å². The van der Waals surface area contributed by atoms with Gasteiger partial charge in [0.25, 0.3) is 0 Å². The first-order chi connectivity index (χ1) is 9.66. The molecular weight excluding hydrogens is 292 g/mol. The molecule has 1 N–H and O–H groups in total. The third-order valence-corrected chi connectivity index (χ3v) is 5.40. The van der Waals surface area contributed by atoms with Crippen LogP contribution in [-0.2, 0) is 14.6 Å². The fourth-order valence-electron chi connectivity index (χ4n) is 2.47. The van der Waals surface area contributed by atoms with E-state index in [0.29, 0.717) is 19.5 Å². The van der Waals surface area contributed by atoms with Gasteiger partial charge in [-0.1, -0.05) is 0 Å². The first-order valence-electron chi connectivity index (χ1n) is 7.60. The van der Waals surface area contributed by atoms with Gasteiger partial charge in [-0.05, 0) is 40.0 Å². The Morgan fingerprint density at radius 2 is 1.95 bits per heavy atom. The minimum absolute atomic E-state index is 0.0229. The predicted octanol–water partition coefficient (Wildman–Crippen LogP) is 1.16. The summed E-state index contributed by atoms with van der Waals surface area (Å²) in [4.78, 5) is 13.9. The monoisotopic (exact) mass is 318 g/mol. The lowest BCUT2D eigenvalue weighted by molar-refractivity contribution is 0.0235. The summed E-state index contributed by atoms with van der Waals surface area (Å²) < 4.78 is 28.2. The number of ether oxygens (including phenoxy) is 1. The van der Waals surface area contributed by atoms with Crippen LogP contribution in [0.5, 0.6) is 0 Å². The molecule has 2 rings (SSSR count). The van der Waals surface area contributed by atoms with E-state index in [4.69, 9.17) is 4.74 Å². The molecule has 0 spiro atoms. The van der Waals surface area contributed by atoms with Gasteiger partial charge in [0.05, 0.1) is 11.5 Å². The average Bonchev–Trinajstić information content (AvgIpc) is 3.07. The summed E-state index contributed by atoms with van der Waals surface area (Å²) in [6.45, 7) is 6.75. The Morgan fingerprint density at radius 3 is 2.43 bits per heavy atom.